The Balaban J connectivity index is 1.80. The number of hydrogen-bond acceptors (Lipinski definition) is 5. The molecule has 0 bridgehead atoms. The highest BCUT2D eigenvalue weighted by molar-refractivity contribution is 6.06. The first kappa shape index (κ1) is 18.9. The Hall–Kier alpha value is -4.11. The van der Waals surface area contributed by atoms with Crippen LogP contribution in [0.15, 0.2) is 83.5 Å². The molecule has 4 atom stereocenters. The van der Waals surface area contributed by atoms with E-state index in [0.29, 0.717) is 11.3 Å². The Labute approximate surface area is 179 Å². The molecule has 1 aromatic heterocycles. The molecule has 2 aromatic carbocycles. The van der Waals surface area contributed by atoms with Crippen LogP contribution in [-0.2, 0) is 4.79 Å². The van der Waals surface area contributed by atoms with Gasteiger partial charge in [-0.2, -0.15) is 5.26 Å². The van der Waals surface area contributed by atoms with Crippen LogP contribution in [0.25, 0.3) is 6.08 Å². The highest BCUT2D eigenvalue weighted by atomic mass is 16.3. The van der Waals surface area contributed by atoms with E-state index in [1.54, 1.807) is 42.5 Å². The fourth-order valence-electron chi connectivity index (χ4n) is 4.98. The van der Waals surface area contributed by atoms with Crippen molar-refractivity contribution in [3.05, 3.63) is 96.0 Å². The lowest BCUT2D eigenvalue weighted by atomic mass is 9.69. The third-order valence-electron chi connectivity index (χ3n) is 6.31. The normalized spacial score (nSPS) is 26.0. The number of nitriles is 1. The van der Waals surface area contributed by atoms with Gasteiger partial charge in [-0.3, -0.25) is 9.59 Å². The summed E-state index contributed by atoms with van der Waals surface area (Å²) in [7, 11) is 0. The topological polar surface area (TPSA) is 100 Å². The molecule has 3 aromatic rings. The number of furan rings is 1. The van der Waals surface area contributed by atoms with Crippen LogP contribution in [0.1, 0.15) is 27.6 Å². The van der Waals surface area contributed by atoms with Gasteiger partial charge in [0.25, 0.3) is 0 Å². The predicted octanol–water partition coefficient (Wildman–Crippen LogP) is 3.53. The number of fused-ring (bicyclic) bond motifs is 3. The summed E-state index contributed by atoms with van der Waals surface area (Å²) >= 11 is 0. The van der Waals surface area contributed by atoms with E-state index in [1.807, 2.05) is 41.3 Å². The van der Waals surface area contributed by atoms with Gasteiger partial charge in [0.15, 0.2) is 11.2 Å². The predicted molar refractivity (Wildman–Crippen MR) is 115 cm³/mol. The number of carbonyl (C=O) groups excluding carboxylic acids is 2. The highest BCUT2D eigenvalue weighted by Crippen LogP contribution is 2.55. The van der Waals surface area contributed by atoms with Gasteiger partial charge in [-0.05, 0) is 23.8 Å². The summed E-state index contributed by atoms with van der Waals surface area (Å²) in [6, 6.07) is 20.5. The van der Waals surface area contributed by atoms with Gasteiger partial charge in [-0.1, -0.05) is 60.7 Å². The molecular formula is C25H19N3O3. The number of rotatable bonds is 4. The number of amides is 1. The Morgan fingerprint density at radius 3 is 2.45 bits per heavy atom. The zero-order valence-electron chi connectivity index (χ0n) is 16.5. The fraction of sp³-hybridized carbons (Fsp3) is 0.160. The summed E-state index contributed by atoms with van der Waals surface area (Å²) in [5, 5.41) is 10.3. The van der Waals surface area contributed by atoms with Gasteiger partial charge in [-0.25, -0.2) is 0 Å². The number of Topliss-reactive ketones (excluding diaryl/α,β-unsaturated/α-hetero) is 1. The minimum atomic E-state index is -1.68. The van der Waals surface area contributed by atoms with Gasteiger partial charge >= 0.3 is 0 Å². The van der Waals surface area contributed by atoms with Crippen LogP contribution in [0.5, 0.6) is 0 Å². The molecule has 0 unspecified atom stereocenters. The maximum absolute atomic E-state index is 13.9. The highest BCUT2D eigenvalue weighted by Gasteiger charge is 2.66. The number of para-hydroxylation sites is 1. The van der Waals surface area contributed by atoms with Crippen LogP contribution in [0.2, 0.25) is 0 Å². The van der Waals surface area contributed by atoms with Crippen LogP contribution in [0.4, 0.5) is 5.69 Å². The molecule has 31 heavy (non-hydrogen) atoms. The van der Waals surface area contributed by atoms with E-state index in [9.17, 15) is 14.9 Å². The van der Waals surface area contributed by atoms with Crippen LogP contribution < -0.4 is 10.6 Å². The number of ketones is 1. The van der Waals surface area contributed by atoms with E-state index in [0.717, 1.165) is 11.3 Å². The molecule has 6 heteroatoms. The molecule has 1 saturated heterocycles. The van der Waals surface area contributed by atoms with Gasteiger partial charge in [0, 0.05) is 11.3 Å². The smallest absolute Gasteiger partial charge is 0.241 e. The average molecular weight is 409 g/mol. The molecule has 6 nitrogen and oxygen atoms in total. The number of nitrogens with zero attached hydrogens (tertiary/aromatic N) is 2. The van der Waals surface area contributed by atoms with E-state index in [4.69, 9.17) is 10.2 Å². The Morgan fingerprint density at radius 1 is 1.03 bits per heavy atom. The number of anilines is 1. The van der Waals surface area contributed by atoms with E-state index in [1.165, 1.54) is 6.26 Å². The molecule has 0 aliphatic carbocycles. The molecule has 1 fully saturated rings. The van der Waals surface area contributed by atoms with Crippen molar-refractivity contribution in [1.29, 1.82) is 5.26 Å². The summed E-state index contributed by atoms with van der Waals surface area (Å²) in [6.45, 7) is 0. The minimum Gasteiger partial charge on any atom is -0.469 e. The molecule has 2 N–H and O–H groups in total. The van der Waals surface area contributed by atoms with Gasteiger partial charge in [0.1, 0.15) is 11.8 Å². The van der Waals surface area contributed by atoms with Crippen molar-refractivity contribution in [1.82, 2.24) is 0 Å². The first-order valence-corrected chi connectivity index (χ1v) is 9.99. The maximum atomic E-state index is 13.9. The van der Waals surface area contributed by atoms with Crippen molar-refractivity contribution in [3.8, 4) is 6.07 Å². The largest absolute Gasteiger partial charge is 0.469 e. The Morgan fingerprint density at radius 2 is 1.77 bits per heavy atom. The standard InChI is InChI=1S/C25H19N3O3/c26-15-25(24(27)30)20-13-12-16-7-4-5-10-18(16)28(20)22(21(25)19-11-6-14-31-19)23(29)17-8-2-1-3-9-17/h1-14,20-22H,(H2,27,30)/t20-,21-,22+,25-/m0/s1. The lowest BCUT2D eigenvalue weighted by Gasteiger charge is -2.36. The number of carbonyl (C=O) groups is 2. The van der Waals surface area contributed by atoms with Crippen molar-refractivity contribution in [2.45, 2.75) is 18.0 Å². The molecule has 0 spiro atoms. The van der Waals surface area contributed by atoms with Crippen LogP contribution >= 0.6 is 0 Å². The SMILES string of the molecule is N#C[C@]1(C(N)=O)[C@@H]2C=Cc3ccccc3N2[C@@H](C(=O)c2ccccc2)[C@@H]1c1ccco1. The van der Waals surface area contributed by atoms with Crippen molar-refractivity contribution in [2.24, 2.45) is 11.1 Å². The first-order valence-electron chi connectivity index (χ1n) is 9.99. The molecule has 2 aliphatic heterocycles. The molecule has 0 saturated carbocycles. The van der Waals surface area contributed by atoms with Gasteiger partial charge < -0.3 is 15.1 Å². The van der Waals surface area contributed by atoms with E-state index < -0.39 is 29.3 Å². The molecule has 3 heterocycles. The number of hydrogen-bond donors (Lipinski definition) is 1. The monoisotopic (exact) mass is 409 g/mol. The summed E-state index contributed by atoms with van der Waals surface area (Å²) in [4.78, 5) is 28.7. The van der Waals surface area contributed by atoms with Crippen molar-refractivity contribution >= 4 is 23.5 Å². The summed E-state index contributed by atoms with van der Waals surface area (Å²) in [5.41, 5.74) is 6.38. The third kappa shape index (κ3) is 2.57. The minimum absolute atomic E-state index is 0.199. The van der Waals surface area contributed by atoms with Gasteiger partial charge in [0.2, 0.25) is 5.91 Å². The lowest BCUT2D eigenvalue weighted by Crippen LogP contribution is -2.48. The second-order valence-corrected chi connectivity index (χ2v) is 7.78. The molecule has 152 valence electrons. The van der Waals surface area contributed by atoms with E-state index in [-0.39, 0.29) is 5.78 Å². The summed E-state index contributed by atoms with van der Waals surface area (Å²) < 4.78 is 5.67. The van der Waals surface area contributed by atoms with Gasteiger partial charge in [0.05, 0.1) is 24.3 Å². The zero-order chi connectivity index (χ0) is 21.6. The Bertz CT molecular complexity index is 1230. The lowest BCUT2D eigenvalue weighted by molar-refractivity contribution is -0.125. The molecular weight excluding hydrogens is 390 g/mol. The van der Waals surface area contributed by atoms with Crippen LogP contribution in [-0.4, -0.2) is 23.8 Å². The molecule has 0 radical (unpaired) electrons. The number of nitrogens with two attached hydrogens (primary N) is 1. The summed E-state index contributed by atoms with van der Waals surface area (Å²) in [6.07, 6.45) is 5.15. The fourth-order valence-corrected chi connectivity index (χ4v) is 4.98. The van der Waals surface area contributed by atoms with Crippen molar-refractivity contribution in [2.75, 3.05) is 4.90 Å². The Kier molecular flexibility index (Phi) is 4.26. The third-order valence-corrected chi connectivity index (χ3v) is 6.31. The quantitative estimate of drug-likeness (QED) is 0.665. The number of benzene rings is 2. The second kappa shape index (κ2) is 6.99. The molecule has 2 aliphatic rings. The zero-order valence-corrected chi connectivity index (χ0v) is 16.5. The van der Waals surface area contributed by atoms with E-state index >= 15 is 0 Å². The van der Waals surface area contributed by atoms with E-state index in [2.05, 4.69) is 6.07 Å². The maximum Gasteiger partial charge on any atom is 0.241 e. The van der Waals surface area contributed by atoms with Crippen molar-refractivity contribution in [3.63, 3.8) is 0 Å². The summed E-state index contributed by atoms with van der Waals surface area (Å²) in [5.74, 6) is -1.47. The number of primary amides is 1. The van der Waals surface area contributed by atoms with Crippen molar-refractivity contribution < 1.29 is 14.0 Å². The van der Waals surface area contributed by atoms with Crippen LogP contribution in [0, 0.1) is 16.7 Å². The molecule has 5 rings (SSSR count). The first-order chi connectivity index (χ1) is 15.1. The average Bonchev–Trinajstić information content (AvgIpc) is 3.43. The molecule has 1 amide bonds. The van der Waals surface area contributed by atoms with Crippen LogP contribution in [0.3, 0.4) is 0 Å². The second-order valence-electron chi connectivity index (χ2n) is 7.78. The van der Waals surface area contributed by atoms with Gasteiger partial charge in [-0.15, -0.1) is 0 Å².